The van der Waals surface area contributed by atoms with Crippen molar-refractivity contribution in [3.8, 4) is 5.75 Å². The standard InChI is InChI=1S/C26H34N4O2/c1-18-17-22-23(25(27-18)28(2)3)24(26(31)30(22)19-9-7-8-10-19)29-15-13-21(14-16-29)32-20-11-5-4-6-12-20/h4-6,11-12,17,19,21,24H,7-10,13-16H2,1-3H3. The van der Waals surface area contributed by atoms with Gasteiger partial charge in [-0.15, -0.1) is 0 Å². The molecular formula is C26H34N4O2. The number of rotatable bonds is 5. The Labute approximate surface area is 191 Å². The van der Waals surface area contributed by atoms with Crippen molar-refractivity contribution in [2.45, 2.75) is 63.6 Å². The van der Waals surface area contributed by atoms with Crippen LogP contribution in [0.25, 0.3) is 0 Å². The average molecular weight is 435 g/mol. The molecule has 2 fully saturated rings. The van der Waals surface area contributed by atoms with Crippen LogP contribution >= 0.6 is 0 Å². The number of carbonyl (C=O) groups is 1. The van der Waals surface area contributed by atoms with Crippen molar-refractivity contribution >= 4 is 17.4 Å². The molecule has 0 bridgehead atoms. The van der Waals surface area contributed by atoms with Crippen LogP contribution in [0.3, 0.4) is 0 Å². The molecule has 0 radical (unpaired) electrons. The van der Waals surface area contributed by atoms with Crippen LogP contribution in [0.1, 0.15) is 55.8 Å². The zero-order chi connectivity index (χ0) is 22.2. The lowest BCUT2D eigenvalue weighted by Crippen LogP contribution is -2.46. The number of anilines is 2. The molecule has 1 saturated carbocycles. The lowest BCUT2D eigenvalue weighted by Gasteiger charge is -2.36. The second-order valence-electron chi connectivity index (χ2n) is 9.63. The molecule has 1 saturated heterocycles. The molecule has 1 aliphatic carbocycles. The minimum atomic E-state index is -0.242. The molecule has 1 amide bonds. The predicted octanol–water partition coefficient (Wildman–Crippen LogP) is 4.33. The highest BCUT2D eigenvalue weighted by atomic mass is 16.5. The highest BCUT2D eigenvalue weighted by Gasteiger charge is 2.47. The molecule has 170 valence electrons. The summed E-state index contributed by atoms with van der Waals surface area (Å²) in [6.07, 6.45) is 6.66. The SMILES string of the molecule is Cc1cc2c(c(N(C)C)n1)C(N1CCC(Oc3ccccc3)CC1)C(=O)N2C1CCCC1. The van der Waals surface area contributed by atoms with Gasteiger partial charge in [0.25, 0.3) is 0 Å². The molecular weight excluding hydrogens is 400 g/mol. The Hall–Kier alpha value is -2.60. The number of aromatic nitrogens is 1. The van der Waals surface area contributed by atoms with Gasteiger partial charge >= 0.3 is 0 Å². The smallest absolute Gasteiger partial charge is 0.249 e. The first-order valence-corrected chi connectivity index (χ1v) is 12.0. The fourth-order valence-corrected chi connectivity index (χ4v) is 5.65. The van der Waals surface area contributed by atoms with E-state index in [1.54, 1.807) is 0 Å². The normalized spacial score (nSPS) is 22.4. The number of benzene rings is 1. The molecule has 6 nitrogen and oxygen atoms in total. The van der Waals surface area contributed by atoms with E-state index in [2.05, 4.69) is 20.8 Å². The number of nitrogens with zero attached hydrogens (tertiary/aromatic N) is 4. The Morgan fingerprint density at radius 3 is 2.38 bits per heavy atom. The third kappa shape index (κ3) is 3.85. The van der Waals surface area contributed by atoms with Crippen LogP contribution in [-0.4, -0.2) is 55.1 Å². The van der Waals surface area contributed by atoms with Gasteiger partial charge in [0.1, 0.15) is 23.7 Å². The quantitative estimate of drug-likeness (QED) is 0.701. The highest BCUT2D eigenvalue weighted by molar-refractivity contribution is 6.06. The molecule has 2 aliphatic heterocycles. The van der Waals surface area contributed by atoms with Gasteiger partial charge in [-0.05, 0) is 50.8 Å². The van der Waals surface area contributed by atoms with Gasteiger partial charge < -0.3 is 14.5 Å². The van der Waals surface area contributed by atoms with Crippen molar-refractivity contribution in [1.29, 1.82) is 0 Å². The van der Waals surface area contributed by atoms with Crippen molar-refractivity contribution in [2.24, 2.45) is 0 Å². The minimum Gasteiger partial charge on any atom is -0.490 e. The van der Waals surface area contributed by atoms with Gasteiger partial charge in [0.15, 0.2) is 0 Å². The number of likely N-dealkylation sites (tertiary alicyclic amines) is 1. The lowest BCUT2D eigenvalue weighted by molar-refractivity contribution is -0.124. The van der Waals surface area contributed by atoms with Gasteiger partial charge in [-0.2, -0.15) is 0 Å². The Morgan fingerprint density at radius 1 is 1.03 bits per heavy atom. The fourth-order valence-electron chi connectivity index (χ4n) is 5.65. The molecule has 5 rings (SSSR count). The summed E-state index contributed by atoms with van der Waals surface area (Å²) >= 11 is 0. The Balaban J connectivity index is 1.41. The number of para-hydroxylation sites is 1. The molecule has 0 spiro atoms. The number of amides is 1. The van der Waals surface area contributed by atoms with Crippen LogP contribution in [0.15, 0.2) is 36.4 Å². The number of piperidine rings is 1. The van der Waals surface area contributed by atoms with Crippen LogP contribution in [0, 0.1) is 6.92 Å². The molecule has 32 heavy (non-hydrogen) atoms. The predicted molar refractivity (Wildman–Crippen MR) is 127 cm³/mol. The topological polar surface area (TPSA) is 48.9 Å². The zero-order valence-electron chi connectivity index (χ0n) is 19.5. The number of aryl methyl sites for hydroxylation is 1. The summed E-state index contributed by atoms with van der Waals surface area (Å²) in [7, 11) is 4.06. The molecule has 1 atom stereocenters. The number of ether oxygens (including phenoxy) is 1. The lowest BCUT2D eigenvalue weighted by atomic mass is 10.0. The maximum Gasteiger partial charge on any atom is 0.249 e. The van der Waals surface area contributed by atoms with Crippen molar-refractivity contribution in [2.75, 3.05) is 37.0 Å². The summed E-state index contributed by atoms with van der Waals surface area (Å²) in [4.78, 5) is 25.3. The van der Waals surface area contributed by atoms with Crippen LogP contribution in [0.5, 0.6) is 5.75 Å². The van der Waals surface area contributed by atoms with E-state index in [0.717, 1.165) is 67.3 Å². The Bertz CT molecular complexity index is 963. The number of carbonyl (C=O) groups excluding carboxylic acids is 1. The molecule has 2 aromatic rings. The summed E-state index contributed by atoms with van der Waals surface area (Å²) < 4.78 is 6.20. The van der Waals surface area contributed by atoms with Gasteiger partial charge in [0, 0.05) is 44.5 Å². The Kier molecular flexibility index (Phi) is 5.80. The third-order valence-corrected chi connectivity index (χ3v) is 7.15. The van der Waals surface area contributed by atoms with Crippen LogP contribution in [0.4, 0.5) is 11.5 Å². The summed E-state index contributed by atoms with van der Waals surface area (Å²) in [5.41, 5.74) is 3.16. The maximum absolute atomic E-state index is 13.9. The number of fused-ring (bicyclic) bond motifs is 1. The summed E-state index contributed by atoms with van der Waals surface area (Å²) in [6, 6.07) is 12.3. The summed E-state index contributed by atoms with van der Waals surface area (Å²) in [5, 5.41) is 0. The van der Waals surface area contributed by atoms with Crippen molar-refractivity contribution in [3.05, 3.63) is 47.7 Å². The first-order chi connectivity index (χ1) is 15.5. The summed E-state index contributed by atoms with van der Waals surface area (Å²) in [6.45, 7) is 3.74. The largest absolute Gasteiger partial charge is 0.490 e. The first-order valence-electron chi connectivity index (χ1n) is 12.0. The van der Waals surface area contributed by atoms with Crippen molar-refractivity contribution < 1.29 is 9.53 Å². The van der Waals surface area contributed by atoms with Gasteiger partial charge in [-0.3, -0.25) is 9.69 Å². The number of pyridine rings is 1. The molecule has 0 N–H and O–H groups in total. The molecule has 3 aliphatic rings. The van der Waals surface area contributed by atoms with Crippen LogP contribution in [0.2, 0.25) is 0 Å². The number of hydrogen-bond acceptors (Lipinski definition) is 5. The third-order valence-electron chi connectivity index (χ3n) is 7.15. The fraction of sp³-hybridized carbons (Fsp3) is 0.538. The first kappa shape index (κ1) is 21.3. The van der Waals surface area contributed by atoms with Crippen molar-refractivity contribution in [1.82, 2.24) is 9.88 Å². The van der Waals surface area contributed by atoms with E-state index in [0.29, 0.717) is 6.04 Å². The monoisotopic (exact) mass is 434 g/mol. The van der Waals surface area contributed by atoms with Gasteiger partial charge in [-0.1, -0.05) is 31.0 Å². The van der Waals surface area contributed by atoms with E-state index >= 15 is 0 Å². The highest BCUT2D eigenvalue weighted by Crippen LogP contribution is 2.47. The van der Waals surface area contributed by atoms with Crippen molar-refractivity contribution in [3.63, 3.8) is 0 Å². The average Bonchev–Trinajstić information content (AvgIpc) is 3.40. The second-order valence-corrected chi connectivity index (χ2v) is 9.63. The molecule has 3 heterocycles. The van der Waals surface area contributed by atoms with Gasteiger partial charge in [0.2, 0.25) is 5.91 Å². The van der Waals surface area contributed by atoms with E-state index in [1.165, 1.54) is 12.8 Å². The minimum absolute atomic E-state index is 0.194. The van der Waals surface area contributed by atoms with Gasteiger partial charge in [-0.25, -0.2) is 4.98 Å². The zero-order valence-corrected chi connectivity index (χ0v) is 19.5. The van der Waals surface area contributed by atoms with E-state index < -0.39 is 0 Å². The van der Waals surface area contributed by atoms with E-state index in [9.17, 15) is 4.79 Å². The van der Waals surface area contributed by atoms with Gasteiger partial charge in [0.05, 0.1) is 5.69 Å². The Morgan fingerprint density at radius 2 is 1.72 bits per heavy atom. The van der Waals surface area contributed by atoms with Crippen LogP contribution in [-0.2, 0) is 4.79 Å². The second kappa shape index (κ2) is 8.74. The maximum atomic E-state index is 13.9. The summed E-state index contributed by atoms with van der Waals surface area (Å²) in [5.74, 6) is 2.10. The van der Waals surface area contributed by atoms with E-state index in [1.807, 2.05) is 51.4 Å². The van der Waals surface area contributed by atoms with Crippen LogP contribution < -0.4 is 14.5 Å². The molecule has 6 heteroatoms. The molecule has 1 aromatic heterocycles. The van der Waals surface area contributed by atoms with E-state index in [-0.39, 0.29) is 18.1 Å². The molecule has 1 aromatic carbocycles. The van der Waals surface area contributed by atoms with E-state index in [4.69, 9.17) is 9.72 Å². The number of hydrogen-bond donors (Lipinski definition) is 0. The molecule has 1 unspecified atom stereocenters.